The molecule has 0 radical (unpaired) electrons. The molecule has 0 unspecified atom stereocenters. The SMILES string of the molecule is Fc1ccc(-c2ccccc2CBr)cc1. The quantitative estimate of drug-likeness (QED) is 0.706. The Morgan fingerprint density at radius 1 is 0.933 bits per heavy atom. The standard InChI is InChI=1S/C13H10BrF/c14-9-11-3-1-2-4-13(11)10-5-7-12(15)8-6-10/h1-8H,9H2. The van der Waals surface area contributed by atoms with Crippen molar-refractivity contribution in [3.8, 4) is 11.1 Å². The van der Waals surface area contributed by atoms with Crippen LogP contribution in [0.3, 0.4) is 0 Å². The van der Waals surface area contributed by atoms with Crippen LogP contribution in [-0.4, -0.2) is 0 Å². The average molecular weight is 265 g/mol. The van der Waals surface area contributed by atoms with Crippen molar-refractivity contribution in [2.45, 2.75) is 5.33 Å². The third-order valence-corrected chi connectivity index (χ3v) is 2.92. The first-order chi connectivity index (χ1) is 7.31. The summed E-state index contributed by atoms with van der Waals surface area (Å²) in [6.07, 6.45) is 0. The lowest BCUT2D eigenvalue weighted by Crippen LogP contribution is -1.85. The maximum atomic E-state index is 12.8. The lowest BCUT2D eigenvalue weighted by atomic mass is 10.0. The van der Waals surface area contributed by atoms with E-state index in [0.29, 0.717) is 0 Å². The molecule has 0 fully saturated rings. The molecule has 0 aromatic heterocycles. The van der Waals surface area contributed by atoms with Crippen LogP contribution in [0.2, 0.25) is 0 Å². The summed E-state index contributed by atoms with van der Waals surface area (Å²) in [4.78, 5) is 0. The van der Waals surface area contributed by atoms with Crippen LogP contribution in [0.1, 0.15) is 5.56 Å². The van der Waals surface area contributed by atoms with Crippen molar-refractivity contribution in [2.24, 2.45) is 0 Å². The molecule has 0 aliphatic heterocycles. The van der Waals surface area contributed by atoms with Gasteiger partial charge >= 0.3 is 0 Å². The van der Waals surface area contributed by atoms with Crippen LogP contribution in [0.25, 0.3) is 11.1 Å². The molecule has 0 N–H and O–H groups in total. The predicted octanol–water partition coefficient (Wildman–Crippen LogP) is 4.39. The van der Waals surface area contributed by atoms with Gasteiger partial charge in [-0.05, 0) is 28.8 Å². The number of hydrogen-bond acceptors (Lipinski definition) is 0. The smallest absolute Gasteiger partial charge is 0.123 e. The number of rotatable bonds is 2. The molecule has 2 aromatic carbocycles. The first-order valence-electron chi connectivity index (χ1n) is 4.71. The molecule has 2 aromatic rings. The van der Waals surface area contributed by atoms with Gasteiger partial charge in [-0.3, -0.25) is 0 Å². The molecule has 0 saturated carbocycles. The lowest BCUT2D eigenvalue weighted by molar-refractivity contribution is 0.628. The largest absolute Gasteiger partial charge is 0.207 e. The van der Waals surface area contributed by atoms with E-state index in [0.717, 1.165) is 16.5 Å². The second kappa shape index (κ2) is 4.58. The van der Waals surface area contributed by atoms with Gasteiger partial charge in [0.2, 0.25) is 0 Å². The predicted molar refractivity (Wildman–Crippen MR) is 64.5 cm³/mol. The van der Waals surface area contributed by atoms with Gasteiger partial charge in [-0.25, -0.2) is 4.39 Å². The van der Waals surface area contributed by atoms with Crippen molar-refractivity contribution >= 4 is 15.9 Å². The van der Waals surface area contributed by atoms with E-state index in [2.05, 4.69) is 22.0 Å². The molecule has 0 aliphatic carbocycles. The van der Waals surface area contributed by atoms with Crippen molar-refractivity contribution < 1.29 is 4.39 Å². The lowest BCUT2D eigenvalue weighted by Gasteiger charge is -2.06. The zero-order chi connectivity index (χ0) is 10.7. The Morgan fingerprint density at radius 3 is 2.27 bits per heavy atom. The first kappa shape index (κ1) is 10.4. The maximum absolute atomic E-state index is 12.8. The summed E-state index contributed by atoms with van der Waals surface area (Å²) in [5.41, 5.74) is 3.41. The summed E-state index contributed by atoms with van der Waals surface area (Å²) < 4.78 is 12.8. The van der Waals surface area contributed by atoms with Gasteiger partial charge in [0.25, 0.3) is 0 Å². The van der Waals surface area contributed by atoms with Crippen molar-refractivity contribution in [3.05, 3.63) is 59.9 Å². The molecule has 0 spiro atoms. The molecule has 76 valence electrons. The topological polar surface area (TPSA) is 0 Å². The Balaban J connectivity index is 2.49. The summed E-state index contributed by atoms with van der Waals surface area (Å²) >= 11 is 3.45. The fourth-order valence-electron chi connectivity index (χ4n) is 1.55. The van der Waals surface area contributed by atoms with Gasteiger partial charge in [-0.2, -0.15) is 0 Å². The van der Waals surface area contributed by atoms with Gasteiger partial charge in [-0.15, -0.1) is 0 Å². The molecular weight excluding hydrogens is 255 g/mol. The van der Waals surface area contributed by atoms with Crippen LogP contribution >= 0.6 is 15.9 Å². The molecule has 15 heavy (non-hydrogen) atoms. The van der Waals surface area contributed by atoms with Crippen molar-refractivity contribution in [1.29, 1.82) is 0 Å². The van der Waals surface area contributed by atoms with Crippen molar-refractivity contribution in [1.82, 2.24) is 0 Å². The van der Waals surface area contributed by atoms with Crippen LogP contribution in [0, 0.1) is 5.82 Å². The van der Waals surface area contributed by atoms with E-state index in [1.54, 1.807) is 12.1 Å². The molecule has 0 atom stereocenters. The van der Waals surface area contributed by atoms with Crippen molar-refractivity contribution in [2.75, 3.05) is 0 Å². The number of halogens is 2. The molecular formula is C13H10BrF. The van der Waals surface area contributed by atoms with Gasteiger partial charge in [0, 0.05) is 5.33 Å². The second-order valence-corrected chi connectivity index (χ2v) is 3.86. The van der Waals surface area contributed by atoms with E-state index in [-0.39, 0.29) is 5.82 Å². The van der Waals surface area contributed by atoms with Crippen LogP contribution in [-0.2, 0) is 5.33 Å². The highest BCUT2D eigenvalue weighted by Gasteiger charge is 2.02. The summed E-state index contributed by atoms with van der Waals surface area (Å²) in [5.74, 6) is -0.199. The van der Waals surface area contributed by atoms with Crippen LogP contribution in [0.5, 0.6) is 0 Å². The Bertz CT molecular complexity index is 448. The van der Waals surface area contributed by atoms with E-state index in [4.69, 9.17) is 0 Å². The second-order valence-electron chi connectivity index (χ2n) is 3.30. The highest BCUT2D eigenvalue weighted by atomic mass is 79.9. The minimum Gasteiger partial charge on any atom is -0.207 e. The first-order valence-corrected chi connectivity index (χ1v) is 5.83. The van der Waals surface area contributed by atoms with E-state index < -0.39 is 0 Å². The van der Waals surface area contributed by atoms with E-state index in [1.807, 2.05) is 18.2 Å². The monoisotopic (exact) mass is 264 g/mol. The highest BCUT2D eigenvalue weighted by molar-refractivity contribution is 9.08. The minimum absolute atomic E-state index is 0.199. The third kappa shape index (κ3) is 2.26. The Morgan fingerprint density at radius 2 is 1.60 bits per heavy atom. The Kier molecular flexibility index (Phi) is 3.17. The van der Waals surface area contributed by atoms with Crippen molar-refractivity contribution in [3.63, 3.8) is 0 Å². The Labute approximate surface area is 96.9 Å². The molecule has 0 aliphatic rings. The molecule has 0 nitrogen and oxygen atoms in total. The number of hydrogen-bond donors (Lipinski definition) is 0. The van der Waals surface area contributed by atoms with Gasteiger partial charge in [-0.1, -0.05) is 52.3 Å². The zero-order valence-corrected chi connectivity index (χ0v) is 9.67. The normalized spacial score (nSPS) is 10.3. The van der Waals surface area contributed by atoms with Gasteiger partial charge in [0.05, 0.1) is 0 Å². The summed E-state index contributed by atoms with van der Waals surface area (Å²) in [7, 11) is 0. The number of benzene rings is 2. The molecule has 0 bridgehead atoms. The van der Waals surface area contributed by atoms with Gasteiger partial charge in [0.15, 0.2) is 0 Å². The molecule has 2 rings (SSSR count). The van der Waals surface area contributed by atoms with Gasteiger partial charge < -0.3 is 0 Å². The van der Waals surface area contributed by atoms with Crippen LogP contribution in [0.15, 0.2) is 48.5 Å². The van der Waals surface area contributed by atoms with Crippen LogP contribution < -0.4 is 0 Å². The summed E-state index contributed by atoms with van der Waals surface area (Å²) in [6.45, 7) is 0. The molecule has 0 saturated heterocycles. The Hall–Kier alpha value is -1.15. The van der Waals surface area contributed by atoms with E-state index in [9.17, 15) is 4.39 Å². The molecule has 2 heteroatoms. The third-order valence-electron chi connectivity index (χ3n) is 2.32. The van der Waals surface area contributed by atoms with Crippen LogP contribution in [0.4, 0.5) is 4.39 Å². The molecule has 0 heterocycles. The fraction of sp³-hybridized carbons (Fsp3) is 0.0769. The summed E-state index contributed by atoms with van der Waals surface area (Å²) in [6, 6.07) is 14.7. The highest BCUT2D eigenvalue weighted by Crippen LogP contribution is 2.25. The van der Waals surface area contributed by atoms with Gasteiger partial charge in [0.1, 0.15) is 5.82 Å². The van der Waals surface area contributed by atoms with E-state index >= 15 is 0 Å². The van der Waals surface area contributed by atoms with E-state index in [1.165, 1.54) is 17.7 Å². The molecule has 0 amide bonds. The number of alkyl halides is 1. The summed E-state index contributed by atoms with van der Waals surface area (Å²) in [5, 5.41) is 0.806. The average Bonchev–Trinajstić information content (AvgIpc) is 2.30. The zero-order valence-electron chi connectivity index (χ0n) is 8.08. The maximum Gasteiger partial charge on any atom is 0.123 e. The minimum atomic E-state index is -0.199. The fourth-order valence-corrected chi connectivity index (χ4v) is 2.04.